The van der Waals surface area contributed by atoms with E-state index in [1.807, 2.05) is 0 Å². The van der Waals surface area contributed by atoms with Gasteiger partial charge in [0.1, 0.15) is 11.4 Å². The molecule has 0 aliphatic rings. The molecule has 0 unspecified atom stereocenters. The summed E-state index contributed by atoms with van der Waals surface area (Å²) in [7, 11) is 0. The topological polar surface area (TPSA) is 118 Å². The van der Waals surface area contributed by atoms with Crippen molar-refractivity contribution >= 4 is 28.9 Å². The number of anilines is 1. The molecule has 8 nitrogen and oxygen atoms in total. The van der Waals surface area contributed by atoms with Crippen LogP contribution in [0.4, 0.5) is 11.4 Å². The zero-order valence-corrected chi connectivity index (χ0v) is 10.5. The number of nitro groups is 1. The molecular weight excluding hydrogens is 288 g/mol. The Morgan fingerprint density at radius 2 is 2.15 bits per heavy atom. The van der Waals surface area contributed by atoms with Gasteiger partial charge in [-0.1, -0.05) is 11.6 Å². The third-order valence-corrected chi connectivity index (χ3v) is 2.55. The second-order valence-corrected chi connectivity index (χ2v) is 4.11. The van der Waals surface area contributed by atoms with Gasteiger partial charge in [-0.3, -0.25) is 19.7 Å². The van der Waals surface area contributed by atoms with E-state index < -0.39 is 16.4 Å². The molecule has 0 radical (unpaired) electrons. The van der Waals surface area contributed by atoms with Crippen molar-refractivity contribution in [1.29, 1.82) is 0 Å². The minimum Gasteiger partial charge on any atom is -0.315 e. The summed E-state index contributed by atoms with van der Waals surface area (Å²) in [4.78, 5) is 39.0. The lowest BCUT2D eigenvalue weighted by atomic mass is 10.2. The van der Waals surface area contributed by atoms with Crippen LogP contribution in [0, 0.1) is 10.1 Å². The maximum absolute atomic E-state index is 11.9. The van der Waals surface area contributed by atoms with E-state index in [2.05, 4.69) is 15.3 Å². The third kappa shape index (κ3) is 2.98. The summed E-state index contributed by atoms with van der Waals surface area (Å²) in [5.41, 5.74) is -1.06. The molecule has 0 bridgehead atoms. The fraction of sp³-hybridized carbons (Fsp3) is 0. The molecule has 0 aliphatic heterocycles. The number of amides is 1. The van der Waals surface area contributed by atoms with E-state index >= 15 is 0 Å². The van der Waals surface area contributed by atoms with Crippen LogP contribution in [0.5, 0.6) is 0 Å². The summed E-state index contributed by atoms with van der Waals surface area (Å²) in [6.07, 6.45) is 1.06. The minimum atomic E-state index is -0.749. The number of nitrogens with zero attached hydrogens (tertiary/aromatic N) is 2. The van der Waals surface area contributed by atoms with Crippen molar-refractivity contribution in [2.24, 2.45) is 0 Å². The second kappa shape index (κ2) is 5.49. The molecule has 0 fully saturated rings. The number of H-pyrrole nitrogens is 1. The minimum absolute atomic E-state index is 0.0745. The Kier molecular flexibility index (Phi) is 3.76. The summed E-state index contributed by atoms with van der Waals surface area (Å²) in [6.45, 7) is 0. The summed E-state index contributed by atoms with van der Waals surface area (Å²) >= 11 is 5.73. The van der Waals surface area contributed by atoms with Crippen LogP contribution in [0.15, 0.2) is 35.4 Å². The van der Waals surface area contributed by atoms with Crippen molar-refractivity contribution in [3.8, 4) is 0 Å². The van der Waals surface area contributed by atoms with Gasteiger partial charge in [-0.15, -0.1) is 0 Å². The molecule has 0 atom stereocenters. The molecular formula is C11H7ClN4O4. The molecule has 20 heavy (non-hydrogen) atoms. The van der Waals surface area contributed by atoms with Crippen LogP contribution in [0.25, 0.3) is 0 Å². The average molecular weight is 295 g/mol. The van der Waals surface area contributed by atoms with Crippen molar-refractivity contribution in [3.63, 3.8) is 0 Å². The first kappa shape index (κ1) is 13.7. The molecule has 1 amide bonds. The summed E-state index contributed by atoms with van der Waals surface area (Å²) in [6, 6.07) is 4.72. The molecule has 2 N–H and O–H groups in total. The second-order valence-electron chi connectivity index (χ2n) is 3.67. The Bertz CT molecular complexity index is 743. The first-order chi connectivity index (χ1) is 9.47. The number of carbonyl (C=O) groups is 1. The van der Waals surface area contributed by atoms with Gasteiger partial charge in [0, 0.05) is 17.2 Å². The maximum atomic E-state index is 11.9. The first-order valence-corrected chi connectivity index (χ1v) is 5.65. The Morgan fingerprint density at radius 1 is 1.40 bits per heavy atom. The molecule has 0 saturated carbocycles. The molecule has 1 heterocycles. The van der Waals surface area contributed by atoms with Gasteiger partial charge in [-0.25, -0.2) is 4.98 Å². The van der Waals surface area contributed by atoms with Gasteiger partial charge in [0.2, 0.25) is 0 Å². The smallest absolute Gasteiger partial charge is 0.292 e. The van der Waals surface area contributed by atoms with Crippen molar-refractivity contribution in [3.05, 3.63) is 61.8 Å². The zero-order valence-electron chi connectivity index (χ0n) is 9.79. The van der Waals surface area contributed by atoms with Gasteiger partial charge in [0.25, 0.3) is 17.2 Å². The normalized spacial score (nSPS) is 10.1. The van der Waals surface area contributed by atoms with Gasteiger partial charge in [0.05, 0.1) is 11.3 Å². The molecule has 1 aromatic heterocycles. The highest BCUT2D eigenvalue weighted by molar-refractivity contribution is 6.31. The number of hydrogen-bond donors (Lipinski definition) is 2. The quantitative estimate of drug-likeness (QED) is 0.658. The Morgan fingerprint density at radius 3 is 2.80 bits per heavy atom. The fourth-order valence-corrected chi connectivity index (χ4v) is 1.62. The summed E-state index contributed by atoms with van der Waals surface area (Å²) in [5, 5.41) is 13.4. The van der Waals surface area contributed by atoms with E-state index in [-0.39, 0.29) is 22.1 Å². The predicted molar refractivity (Wildman–Crippen MR) is 70.9 cm³/mol. The average Bonchev–Trinajstić information content (AvgIpc) is 2.38. The Hall–Kier alpha value is -2.74. The van der Waals surface area contributed by atoms with E-state index in [0.29, 0.717) is 0 Å². The van der Waals surface area contributed by atoms with Crippen LogP contribution < -0.4 is 10.9 Å². The van der Waals surface area contributed by atoms with Gasteiger partial charge >= 0.3 is 0 Å². The molecule has 2 rings (SSSR count). The number of nitro benzene ring substituents is 1. The number of aromatic amines is 1. The number of hydrogen-bond acceptors (Lipinski definition) is 5. The molecule has 0 saturated heterocycles. The van der Waals surface area contributed by atoms with E-state index in [9.17, 15) is 19.7 Å². The van der Waals surface area contributed by atoms with Crippen LogP contribution in [0.2, 0.25) is 5.02 Å². The molecule has 2 aromatic rings. The van der Waals surface area contributed by atoms with Crippen LogP contribution in [0.3, 0.4) is 0 Å². The van der Waals surface area contributed by atoms with Gasteiger partial charge in [-0.05, 0) is 12.1 Å². The lowest BCUT2D eigenvalue weighted by Gasteiger charge is -2.05. The van der Waals surface area contributed by atoms with Gasteiger partial charge in [0.15, 0.2) is 0 Å². The third-order valence-electron chi connectivity index (χ3n) is 2.31. The fourth-order valence-electron chi connectivity index (χ4n) is 1.45. The van der Waals surface area contributed by atoms with E-state index in [4.69, 9.17) is 11.6 Å². The van der Waals surface area contributed by atoms with Crippen molar-refractivity contribution in [2.45, 2.75) is 0 Å². The SMILES string of the molecule is O=C(Nc1cc(Cl)ccc1[N+](=O)[O-])c1cc(=O)[nH]cn1. The van der Waals surface area contributed by atoms with Gasteiger partial charge < -0.3 is 10.3 Å². The molecule has 102 valence electrons. The summed E-state index contributed by atoms with van der Waals surface area (Å²) in [5.74, 6) is -0.749. The van der Waals surface area contributed by atoms with Crippen LogP contribution >= 0.6 is 11.6 Å². The Balaban J connectivity index is 2.34. The van der Waals surface area contributed by atoms with Crippen molar-refractivity contribution in [2.75, 3.05) is 5.32 Å². The number of nitrogens with one attached hydrogen (secondary N) is 2. The lowest BCUT2D eigenvalue weighted by molar-refractivity contribution is -0.383. The zero-order chi connectivity index (χ0) is 14.7. The molecule has 0 spiro atoms. The number of carbonyl (C=O) groups excluding carboxylic acids is 1. The van der Waals surface area contributed by atoms with Crippen molar-refractivity contribution in [1.82, 2.24) is 9.97 Å². The number of rotatable bonds is 3. The molecule has 9 heteroatoms. The van der Waals surface area contributed by atoms with Crippen LogP contribution in [-0.4, -0.2) is 20.8 Å². The van der Waals surface area contributed by atoms with Crippen LogP contribution in [-0.2, 0) is 0 Å². The molecule has 1 aromatic carbocycles. The highest BCUT2D eigenvalue weighted by Gasteiger charge is 2.17. The predicted octanol–water partition coefficient (Wildman–Crippen LogP) is 1.58. The van der Waals surface area contributed by atoms with Crippen LogP contribution in [0.1, 0.15) is 10.5 Å². The van der Waals surface area contributed by atoms with E-state index in [0.717, 1.165) is 12.4 Å². The maximum Gasteiger partial charge on any atom is 0.292 e. The summed E-state index contributed by atoms with van der Waals surface area (Å²) < 4.78 is 0. The number of aromatic nitrogens is 2. The monoisotopic (exact) mass is 294 g/mol. The van der Waals surface area contributed by atoms with Crippen molar-refractivity contribution < 1.29 is 9.72 Å². The lowest BCUT2D eigenvalue weighted by Crippen LogP contribution is -2.18. The Labute approximate surface area is 116 Å². The molecule has 0 aliphatic carbocycles. The van der Waals surface area contributed by atoms with E-state index in [1.54, 1.807) is 0 Å². The van der Waals surface area contributed by atoms with E-state index in [1.165, 1.54) is 18.2 Å². The number of halogens is 1. The first-order valence-electron chi connectivity index (χ1n) is 5.27. The number of benzene rings is 1. The standard InChI is InChI=1S/C11H7ClN4O4/c12-6-1-2-9(16(19)20)7(3-6)15-11(18)8-4-10(17)14-5-13-8/h1-5H,(H,15,18)(H,13,14,17). The largest absolute Gasteiger partial charge is 0.315 e. The highest BCUT2D eigenvalue weighted by Crippen LogP contribution is 2.27. The van der Waals surface area contributed by atoms with Gasteiger partial charge in [-0.2, -0.15) is 0 Å². The highest BCUT2D eigenvalue weighted by atomic mass is 35.5.